The Labute approximate surface area is 157 Å². The Morgan fingerprint density at radius 2 is 1.93 bits per heavy atom. The molecule has 0 aliphatic rings. The van der Waals surface area contributed by atoms with Gasteiger partial charge in [0.15, 0.2) is 0 Å². The molecule has 7 nitrogen and oxygen atoms in total. The Morgan fingerprint density at radius 1 is 1.15 bits per heavy atom. The van der Waals surface area contributed by atoms with Gasteiger partial charge in [0.25, 0.3) is 10.0 Å². The van der Waals surface area contributed by atoms with E-state index >= 15 is 0 Å². The number of sulfonamides is 1. The first-order valence-corrected chi connectivity index (χ1v) is 9.83. The summed E-state index contributed by atoms with van der Waals surface area (Å²) in [6, 6.07) is 9.90. The number of anilines is 2. The zero-order valence-electron chi connectivity index (χ0n) is 15.0. The van der Waals surface area contributed by atoms with Crippen LogP contribution in [0.3, 0.4) is 0 Å². The number of hydrogen-bond acceptors (Lipinski definition) is 5. The molecular formula is C18H20FN5O2S. The molecule has 1 aromatic carbocycles. The summed E-state index contributed by atoms with van der Waals surface area (Å²) in [4.78, 5) is 4.24. The lowest BCUT2D eigenvalue weighted by Crippen LogP contribution is -2.15. The van der Waals surface area contributed by atoms with Crippen molar-refractivity contribution in [3.63, 3.8) is 0 Å². The number of nitrogens with one attached hydrogen (secondary N) is 3. The first kappa shape index (κ1) is 18.8. The summed E-state index contributed by atoms with van der Waals surface area (Å²) in [5.74, 6) is -0.0262. The molecule has 0 aliphatic carbocycles. The van der Waals surface area contributed by atoms with Gasteiger partial charge in [-0.3, -0.25) is 9.82 Å². The maximum Gasteiger partial charge on any atom is 0.266 e. The molecule has 2 heterocycles. The number of benzene rings is 1. The van der Waals surface area contributed by atoms with Crippen LogP contribution in [0.5, 0.6) is 0 Å². The third-order valence-corrected chi connectivity index (χ3v) is 5.63. The van der Waals surface area contributed by atoms with Crippen molar-refractivity contribution in [2.45, 2.75) is 25.2 Å². The number of nitrogens with zero attached hydrogens (tertiary/aromatic N) is 2. The van der Waals surface area contributed by atoms with E-state index in [1.807, 2.05) is 0 Å². The molecule has 0 bridgehead atoms. The summed E-state index contributed by atoms with van der Waals surface area (Å²) in [6.07, 6.45) is 2.05. The predicted molar refractivity (Wildman–Crippen MR) is 102 cm³/mol. The summed E-state index contributed by atoms with van der Waals surface area (Å²) >= 11 is 0. The molecule has 2 aromatic heterocycles. The summed E-state index contributed by atoms with van der Waals surface area (Å²) in [6.45, 7) is 3.79. The molecule has 9 heteroatoms. The number of aromatic nitrogens is 3. The second-order valence-corrected chi connectivity index (χ2v) is 7.69. The number of rotatable bonds is 7. The van der Waals surface area contributed by atoms with Crippen molar-refractivity contribution in [1.82, 2.24) is 15.2 Å². The van der Waals surface area contributed by atoms with Gasteiger partial charge in [0.2, 0.25) is 0 Å². The lowest BCUT2D eigenvalue weighted by Gasteiger charge is -2.10. The van der Waals surface area contributed by atoms with Gasteiger partial charge in [-0.05, 0) is 44.0 Å². The quantitative estimate of drug-likeness (QED) is 0.577. The van der Waals surface area contributed by atoms with Crippen LogP contribution in [0.15, 0.2) is 47.5 Å². The maximum atomic E-state index is 13.6. The van der Waals surface area contributed by atoms with Crippen molar-refractivity contribution in [2.24, 2.45) is 0 Å². The van der Waals surface area contributed by atoms with E-state index < -0.39 is 10.0 Å². The topological polar surface area (TPSA) is 99.8 Å². The highest BCUT2D eigenvalue weighted by molar-refractivity contribution is 7.92. The Balaban J connectivity index is 1.61. The molecule has 0 saturated heterocycles. The largest absolute Gasteiger partial charge is 0.383 e. The minimum Gasteiger partial charge on any atom is -0.383 e. The summed E-state index contributed by atoms with van der Waals surface area (Å²) in [5, 5.41) is 9.69. The first-order chi connectivity index (χ1) is 12.9. The Morgan fingerprint density at radius 3 is 2.56 bits per heavy atom. The number of aromatic amines is 1. The highest BCUT2D eigenvalue weighted by Gasteiger charge is 2.22. The van der Waals surface area contributed by atoms with Crippen molar-refractivity contribution in [2.75, 3.05) is 16.6 Å². The number of H-pyrrole nitrogens is 1. The fourth-order valence-electron chi connectivity index (χ4n) is 2.73. The standard InChI is InChI=1S/C18H20FN5O2S/c1-12-18(13(2)23-22-12)27(25,26)24-17-8-7-15(11-21-17)20-10-9-14-5-3-4-6-16(14)19/h3-8,11,20H,9-10H2,1-2H3,(H,21,24)(H,22,23). The van der Waals surface area contributed by atoms with Crippen LogP contribution >= 0.6 is 0 Å². The van der Waals surface area contributed by atoms with E-state index in [1.165, 1.54) is 12.3 Å². The van der Waals surface area contributed by atoms with Gasteiger partial charge in [0.05, 0.1) is 23.3 Å². The SMILES string of the molecule is Cc1n[nH]c(C)c1S(=O)(=O)Nc1ccc(NCCc2ccccc2F)cn1. The molecule has 3 rings (SSSR count). The lowest BCUT2D eigenvalue weighted by atomic mass is 10.1. The van der Waals surface area contributed by atoms with E-state index in [1.54, 1.807) is 44.2 Å². The van der Waals surface area contributed by atoms with Gasteiger partial charge in [0.1, 0.15) is 16.5 Å². The van der Waals surface area contributed by atoms with Gasteiger partial charge in [-0.2, -0.15) is 5.10 Å². The number of hydrogen-bond donors (Lipinski definition) is 3. The van der Waals surface area contributed by atoms with Gasteiger partial charge in [-0.25, -0.2) is 17.8 Å². The maximum absolute atomic E-state index is 13.6. The third kappa shape index (κ3) is 4.43. The van der Waals surface area contributed by atoms with E-state index in [9.17, 15) is 12.8 Å². The average Bonchev–Trinajstić information content (AvgIpc) is 2.97. The van der Waals surface area contributed by atoms with Gasteiger partial charge in [-0.15, -0.1) is 0 Å². The van der Waals surface area contributed by atoms with Gasteiger partial charge in [-0.1, -0.05) is 18.2 Å². The van der Waals surface area contributed by atoms with Crippen LogP contribution in [0.25, 0.3) is 0 Å². The highest BCUT2D eigenvalue weighted by Crippen LogP contribution is 2.20. The fourth-order valence-corrected chi connectivity index (χ4v) is 4.11. The van der Waals surface area contributed by atoms with Crippen molar-refractivity contribution < 1.29 is 12.8 Å². The molecule has 0 atom stereocenters. The van der Waals surface area contributed by atoms with Crippen LogP contribution in [0.2, 0.25) is 0 Å². The smallest absolute Gasteiger partial charge is 0.266 e. The highest BCUT2D eigenvalue weighted by atomic mass is 32.2. The Bertz CT molecular complexity index is 1010. The van der Waals surface area contributed by atoms with E-state index in [-0.39, 0.29) is 16.5 Å². The van der Waals surface area contributed by atoms with E-state index in [4.69, 9.17) is 0 Å². The summed E-state index contributed by atoms with van der Waals surface area (Å²) < 4.78 is 41.0. The average molecular weight is 389 g/mol. The van der Waals surface area contributed by atoms with Crippen LogP contribution in [0.1, 0.15) is 17.0 Å². The lowest BCUT2D eigenvalue weighted by molar-refractivity contribution is 0.600. The molecule has 27 heavy (non-hydrogen) atoms. The molecule has 3 aromatic rings. The normalized spacial score (nSPS) is 11.4. The van der Waals surface area contributed by atoms with E-state index in [0.29, 0.717) is 35.6 Å². The van der Waals surface area contributed by atoms with Gasteiger partial charge < -0.3 is 5.32 Å². The Kier molecular flexibility index (Phi) is 5.41. The van der Waals surface area contributed by atoms with Crippen molar-refractivity contribution in [3.8, 4) is 0 Å². The van der Waals surface area contributed by atoms with Gasteiger partial charge in [0, 0.05) is 6.54 Å². The van der Waals surface area contributed by atoms with Gasteiger partial charge >= 0.3 is 0 Å². The first-order valence-electron chi connectivity index (χ1n) is 8.34. The second kappa shape index (κ2) is 7.75. The molecule has 0 spiro atoms. The third-order valence-electron chi connectivity index (χ3n) is 4.01. The van der Waals surface area contributed by atoms with Crippen LogP contribution in [-0.4, -0.2) is 30.1 Å². The van der Waals surface area contributed by atoms with Crippen LogP contribution in [0.4, 0.5) is 15.9 Å². The molecule has 0 aliphatic heterocycles. The predicted octanol–water partition coefficient (Wildman–Crippen LogP) is 3.02. The van der Waals surface area contributed by atoms with Crippen molar-refractivity contribution in [3.05, 3.63) is 65.4 Å². The Hall–Kier alpha value is -2.94. The zero-order valence-corrected chi connectivity index (χ0v) is 15.8. The fraction of sp³-hybridized carbons (Fsp3) is 0.222. The van der Waals surface area contributed by atoms with E-state index in [0.717, 1.165) is 0 Å². The molecule has 3 N–H and O–H groups in total. The minimum atomic E-state index is -3.77. The molecular weight excluding hydrogens is 369 g/mol. The van der Waals surface area contributed by atoms with Crippen molar-refractivity contribution in [1.29, 1.82) is 0 Å². The van der Waals surface area contributed by atoms with Crippen LogP contribution in [0, 0.1) is 19.7 Å². The molecule has 0 amide bonds. The zero-order chi connectivity index (χ0) is 19.4. The van der Waals surface area contributed by atoms with Crippen LogP contribution < -0.4 is 10.0 Å². The molecule has 0 saturated carbocycles. The monoisotopic (exact) mass is 389 g/mol. The minimum absolute atomic E-state index is 0.122. The molecule has 0 radical (unpaired) electrons. The summed E-state index contributed by atoms with van der Waals surface area (Å²) in [7, 11) is -3.77. The second-order valence-electron chi connectivity index (χ2n) is 6.07. The van der Waals surface area contributed by atoms with Crippen LogP contribution in [-0.2, 0) is 16.4 Å². The number of aryl methyl sites for hydroxylation is 2. The van der Waals surface area contributed by atoms with Crippen molar-refractivity contribution >= 4 is 21.5 Å². The van der Waals surface area contributed by atoms with E-state index in [2.05, 4.69) is 25.2 Å². The molecule has 0 unspecified atom stereocenters. The molecule has 0 fully saturated rings. The number of halogens is 1. The number of pyridine rings is 1. The summed E-state index contributed by atoms with van der Waals surface area (Å²) in [5.41, 5.74) is 2.20. The molecule has 142 valence electrons.